The van der Waals surface area contributed by atoms with Gasteiger partial charge in [0.2, 0.25) is 11.5 Å². The van der Waals surface area contributed by atoms with Gasteiger partial charge in [-0.15, -0.1) is 0 Å². The van der Waals surface area contributed by atoms with E-state index in [1.165, 1.54) is 25.3 Å². The van der Waals surface area contributed by atoms with E-state index in [9.17, 15) is 32.3 Å². The van der Waals surface area contributed by atoms with Gasteiger partial charge in [0.25, 0.3) is 5.91 Å². The van der Waals surface area contributed by atoms with E-state index in [-0.39, 0.29) is 21.9 Å². The third-order valence-corrected chi connectivity index (χ3v) is 8.05. The number of aliphatic hydroxyl groups is 1. The first-order valence-electron chi connectivity index (χ1n) is 13.2. The molecule has 2 atom stereocenters. The molecule has 236 valence electrons. The third kappa shape index (κ3) is 5.27. The van der Waals surface area contributed by atoms with Crippen LogP contribution in [0.4, 0.5) is 22.0 Å². The van der Waals surface area contributed by atoms with Gasteiger partial charge in [0.05, 0.1) is 29.9 Å². The minimum Gasteiger partial charge on any atom is -0.494 e. The molecule has 4 N–H and O–H groups in total. The lowest BCUT2D eigenvalue weighted by atomic mass is 9.81. The summed E-state index contributed by atoms with van der Waals surface area (Å²) in [6, 6.07) is 8.26. The number of alkyl halides is 3. The van der Waals surface area contributed by atoms with Gasteiger partial charge in [-0.3, -0.25) is 9.59 Å². The van der Waals surface area contributed by atoms with Crippen LogP contribution in [0.25, 0.3) is 22.2 Å². The van der Waals surface area contributed by atoms with Crippen LogP contribution in [-0.4, -0.2) is 53.3 Å². The van der Waals surface area contributed by atoms with E-state index >= 15 is 4.39 Å². The van der Waals surface area contributed by atoms with Gasteiger partial charge in [-0.25, -0.2) is 18.7 Å². The summed E-state index contributed by atoms with van der Waals surface area (Å²) in [7, 11) is 1.30. The molecule has 2 amide bonds. The molecule has 0 bridgehead atoms. The lowest BCUT2D eigenvalue weighted by Crippen LogP contribution is -2.52. The minimum absolute atomic E-state index is 0.0121. The second-order valence-corrected chi connectivity index (χ2v) is 11.1. The van der Waals surface area contributed by atoms with E-state index in [4.69, 9.17) is 26.8 Å². The first-order chi connectivity index (χ1) is 21.0. The molecule has 0 saturated carbocycles. The molecule has 0 aliphatic carbocycles. The standard InChI is InChI=1S/C30H24ClF5N4O5/c1-13-18(31)9-15-8-16(10-19(44-3)22(15)39-13)26(41)38-11-29(43,30(34,35)36)25-21(33)20-24(45-12-28(20,2)27(37)42)23(40-25)14-4-6-17(32)7-5-14/h4-10,43H,11-12H2,1-3H3,(H2,37,42)(H,38,41)/t28-,29?/m1/s1. The van der Waals surface area contributed by atoms with Crippen LogP contribution in [0.5, 0.6) is 11.5 Å². The molecular formula is C30H24ClF5N4O5. The number of hydrogen-bond donors (Lipinski definition) is 3. The molecule has 9 nitrogen and oxygen atoms in total. The first kappa shape index (κ1) is 31.9. The Labute approximate surface area is 257 Å². The molecule has 0 fully saturated rings. The number of amides is 2. The maximum atomic E-state index is 16.2. The number of carbonyl (C=O) groups is 2. The molecule has 3 heterocycles. The highest BCUT2D eigenvalue weighted by atomic mass is 35.5. The highest BCUT2D eigenvalue weighted by molar-refractivity contribution is 6.31. The van der Waals surface area contributed by atoms with Gasteiger partial charge in [0.15, 0.2) is 11.6 Å². The maximum absolute atomic E-state index is 16.2. The van der Waals surface area contributed by atoms with Crippen molar-refractivity contribution in [3.63, 3.8) is 0 Å². The van der Waals surface area contributed by atoms with Gasteiger partial charge in [-0.05, 0) is 56.3 Å². The summed E-state index contributed by atoms with van der Waals surface area (Å²) in [6.45, 7) is 0.651. The van der Waals surface area contributed by atoms with E-state index in [1.54, 1.807) is 6.92 Å². The van der Waals surface area contributed by atoms with Crippen molar-refractivity contribution in [3.8, 4) is 22.8 Å². The van der Waals surface area contributed by atoms with Crippen LogP contribution in [0.3, 0.4) is 0 Å². The van der Waals surface area contributed by atoms with Gasteiger partial charge in [-0.1, -0.05) is 11.6 Å². The zero-order valence-electron chi connectivity index (χ0n) is 23.8. The van der Waals surface area contributed by atoms with Crippen LogP contribution >= 0.6 is 11.6 Å². The fourth-order valence-electron chi connectivity index (χ4n) is 4.98. The number of ether oxygens (including phenoxy) is 2. The number of nitrogens with two attached hydrogens (primary N) is 1. The number of fused-ring (bicyclic) bond motifs is 2. The first-order valence-corrected chi connectivity index (χ1v) is 13.5. The second-order valence-electron chi connectivity index (χ2n) is 10.7. The largest absolute Gasteiger partial charge is 0.494 e. The zero-order chi connectivity index (χ0) is 33.1. The lowest BCUT2D eigenvalue weighted by molar-refractivity contribution is -0.266. The van der Waals surface area contributed by atoms with E-state index < -0.39 is 76.5 Å². The van der Waals surface area contributed by atoms with Crippen molar-refractivity contribution >= 4 is 34.3 Å². The number of carbonyl (C=O) groups excluding carboxylic acids is 2. The molecule has 1 unspecified atom stereocenters. The molecule has 0 spiro atoms. The van der Waals surface area contributed by atoms with Crippen molar-refractivity contribution in [1.82, 2.24) is 15.3 Å². The summed E-state index contributed by atoms with van der Waals surface area (Å²) in [5.74, 6) is -4.91. The highest BCUT2D eigenvalue weighted by Gasteiger charge is 2.60. The summed E-state index contributed by atoms with van der Waals surface area (Å²) >= 11 is 6.15. The summed E-state index contributed by atoms with van der Waals surface area (Å²) in [4.78, 5) is 33.7. The zero-order valence-corrected chi connectivity index (χ0v) is 24.5. The molecule has 4 aromatic rings. The Morgan fingerprint density at radius 3 is 2.42 bits per heavy atom. The number of hydrogen-bond acceptors (Lipinski definition) is 7. The molecule has 1 aliphatic heterocycles. The molecule has 1 aliphatic rings. The second kappa shape index (κ2) is 11.1. The van der Waals surface area contributed by atoms with Gasteiger partial charge in [-0.2, -0.15) is 13.2 Å². The molecule has 0 saturated heterocycles. The van der Waals surface area contributed by atoms with E-state index in [2.05, 4.69) is 9.97 Å². The fourth-order valence-corrected chi connectivity index (χ4v) is 5.14. The molecule has 2 aromatic heterocycles. The van der Waals surface area contributed by atoms with E-state index in [0.717, 1.165) is 31.2 Å². The Morgan fingerprint density at radius 1 is 1.16 bits per heavy atom. The van der Waals surface area contributed by atoms with Crippen LogP contribution in [0, 0.1) is 18.6 Å². The average molecular weight is 651 g/mol. The molecule has 45 heavy (non-hydrogen) atoms. The average Bonchev–Trinajstić information content (AvgIpc) is 3.35. The normalized spacial score (nSPS) is 17.4. The number of rotatable bonds is 7. The Hall–Kier alpha value is -4.56. The predicted octanol–water partition coefficient (Wildman–Crippen LogP) is 4.86. The van der Waals surface area contributed by atoms with Crippen molar-refractivity contribution in [3.05, 3.63) is 81.6 Å². The summed E-state index contributed by atoms with van der Waals surface area (Å²) in [5, 5.41) is 13.8. The van der Waals surface area contributed by atoms with Crippen LogP contribution in [0.15, 0.2) is 42.5 Å². The lowest BCUT2D eigenvalue weighted by Gasteiger charge is -2.32. The van der Waals surface area contributed by atoms with Gasteiger partial charge in [0, 0.05) is 16.5 Å². The van der Waals surface area contributed by atoms with Crippen LogP contribution < -0.4 is 20.5 Å². The molecule has 0 radical (unpaired) electrons. The van der Waals surface area contributed by atoms with Crippen molar-refractivity contribution in [2.24, 2.45) is 5.73 Å². The summed E-state index contributed by atoms with van der Waals surface area (Å²) in [6.07, 6.45) is -5.62. The van der Waals surface area contributed by atoms with E-state index in [1.807, 2.05) is 5.32 Å². The number of pyridine rings is 2. The molecule has 5 rings (SSSR count). The monoisotopic (exact) mass is 650 g/mol. The van der Waals surface area contributed by atoms with Crippen LogP contribution in [0.1, 0.15) is 34.2 Å². The molecular weight excluding hydrogens is 627 g/mol. The summed E-state index contributed by atoms with van der Waals surface area (Å²) < 4.78 is 84.7. The van der Waals surface area contributed by atoms with Crippen LogP contribution in [0.2, 0.25) is 5.02 Å². The fraction of sp³-hybridized carbons (Fsp3) is 0.267. The summed E-state index contributed by atoms with van der Waals surface area (Å²) in [5.41, 5.74) is -2.65. The Balaban J connectivity index is 1.63. The van der Waals surface area contributed by atoms with Gasteiger partial charge < -0.3 is 25.6 Å². The topological polar surface area (TPSA) is 137 Å². The number of aromatic nitrogens is 2. The molecule has 15 heteroatoms. The quantitative estimate of drug-likeness (QED) is 0.243. The molecule has 2 aromatic carbocycles. The number of halogens is 6. The van der Waals surface area contributed by atoms with Crippen molar-refractivity contribution < 1.29 is 46.1 Å². The predicted molar refractivity (Wildman–Crippen MR) is 152 cm³/mol. The van der Waals surface area contributed by atoms with Crippen molar-refractivity contribution in [2.75, 3.05) is 20.3 Å². The van der Waals surface area contributed by atoms with E-state index in [0.29, 0.717) is 16.6 Å². The van der Waals surface area contributed by atoms with Gasteiger partial charge >= 0.3 is 6.18 Å². The van der Waals surface area contributed by atoms with Crippen molar-refractivity contribution in [2.45, 2.75) is 31.0 Å². The highest BCUT2D eigenvalue weighted by Crippen LogP contribution is 2.49. The Morgan fingerprint density at radius 2 is 1.82 bits per heavy atom. The number of nitrogens with zero attached hydrogens (tertiary/aromatic N) is 2. The maximum Gasteiger partial charge on any atom is 0.424 e. The number of aryl methyl sites for hydroxylation is 1. The third-order valence-electron chi connectivity index (χ3n) is 7.67. The Bertz CT molecular complexity index is 1870. The SMILES string of the molecule is COc1cc(C(=O)NCC(O)(c2nc(-c3ccc(F)cc3)c3c(c2F)[C@](C)(C(N)=O)CO3)C(F)(F)F)cc2cc(Cl)c(C)nc12. The van der Waals surface area contributed by atoms with Gasteiger partial charge in [0.1, 0.15) is 40.5 Å². The minimum atomic E-state index is -5.62. The number of benzene rings is 2. The van der Waals surface area contributed by atoms with Crippen LogP contribution in [-0.2, 0) is 15.8 Å². The Kier molecular flexibility index (Phi) is 7.86. The smallest absolute Gasteiger partial charge is 0.424 e. The van der Waals surface area contributed by atoms with Crippen molar-refractivity contribution in [1.29, 1.82) is 0 Å². The number of primary amides is 1. The number of nitrogens with one attached hydrogen (secondary N) is 1. The number of methoxy groups -OCH3 is 1.